The summed E-state index contributed by atoms with van der Waals surface area (Å²) in [4.78, 5) is 17.8. The van der Waals surface area contributed by atoms with Gasteiger partial charge in [0, 0.05) is 44.0 Å². The van der Waals surface area contributed by atoms with Gasteiger partial charge in [0.15, 0.2) is 24.0 Å². The summed E-state index contributed by atoms with van der Waals surface area (Å²) in [7, 11) is 7.17. The van der Waals surface area contributed by atoms with Gasteiger partial charge in [-0.15, -0.1) is 0 Å². The number of benzene rings is 1. The van der Waals surface area contributed by atoms with E-state index >= 15 is 0 Å². The molecule has 10 heteroatoms. The molecule has 1 aromatic carbocycles. The molecule has 1 aliphatic carbocycles. The van der Waals surface area contributed by atoms with Crippen LogP contribution in [-0.4, -0.2) is 42.2 Å². The van der Waals surface area contributed by atoms with Crippen LogP contribution in [0.5, 0.6) is 5.75 Å². The van der Waals surface area contributed by atoms with Crippen molar-refractivity contribution >= 4 is 29.2 Å². The Balaban J connectivity index is 0.00000342. The molecular formula is C25H33ClFN7O. The molecule has 1 fully saturated rings. The number of methoxy groups -OCH3 is 1. The SMILES string of the molecule is COc1ccc(N(C)c2nc(NC3CCCCCC3)nc(N(C)c3cc[n+](C)cc3)n2)cc1F.[Cl-]. The van der Waals surface area contributed by atoms with Crippen LogP contribution in [0.3, 0.4) is 0 Å². The number of ether oxygens (including phenoxy) is 1. The number of pyridine rings is 1. The van der Waals surface area contributed by atoms with Gasteiger partial charge in [-0.25, -0.2) is 8.96 Å². The zero-order chi connectivity index (χ0) is 24.1. The van der Waals surface area contributed by atoms with Gasteiger partial charge in [0.2, 0.25) is 17.8 Å². The fourth-order valence-corrected chi connectivity index (χ4v) is 4.14. The number of aromatic nitrogens is 4. The monoisotopic (exact) mass is 501 g/mol. The maximum Gasteiger partial charge on any atom is 0.236 e. The van der Waals surface area contributed by atoms with Gasteiger partial charge in [0.25, 0.3) is 0 Å². The van der Waals surface area contributed by atoms with Crippen molar-refractivity contribution in [2.24, 2.45) is 7.05 Å². The van der Waals surface area contributed by atoms with Crippen molar-refractivity contribution in [2.75, 3.05) is 36.3 Å². The minimum atomic E-state index is -0.438. The van der Waals surface area contributed by atoms with Crippen LogP contribution in [0.1, 0.15) is 38.5 Å². The summed E-state index contributed by atoms with van der Waals surface area (Å²) >= 11 is 0. The fourth-order valence-electron chi connectivity index (χ4n) is 4.14. The molecule has 0 atom stereocenters. The smallest absolute Gasteiger partial charge is 0.236 e. The maximum absolute atomic E-state index is 14.4. The second-order valence-corrected chi connectivity index (χ2v) is 8.75. The quantitative estimate of drug-likeness (QED) is 0.389. The molecule has 0 amide bonds. The van der Waals surface area contributed by atoms with Crippen LogP contribution in [-0.2, 0) is 7.05 Å². The van der Waals surface area contributed by atoms with E-state index in [1.54, 1.807) is 17.0 Å². The lowest BCUT2D eigenvalue weighted by molar-refractivity contribution is -0.671. The molecule has 0 aliphatic heterocycles. The summed E-state index contributed by atoms with van der Waals surface area (Å²) in [6.07, 6.45) is 11.1. The molecule has 0 spiro atoms. The fraction of sp³-hybridized carbons (Fsp3) is 0.440. The van der Waals surface area contributed by atoms with Gasteiger partial charge in [-0.2, -0.15) is 15.0 Å². The molecule has 3 aromatic rings. The number of hydrogen-bond acceptors (Lipinski definition) is 7. The van der Waals surface area contributed by atoms with Crippen LogP contribution in [0, 0.1) is 5.82 Å². The van der Waals surface area contributed by atoms with Gasteiger partial charge in [-0.05, 0) is 25.0 Å². The van der Waals surface area contributed by atoms with Crippen LogP contribution >= 0.6 is 0 Å². The predicted octanol–water partition coefficient (Wildman–Crippen LogP) is 1.52. The van der Waals surface area contributed by atoms with Crippen LogP contribution < -0.4 is 36.8 Å². The van der Waals surface area contributed by atoms with E-state index in [0.717, 1.165) is 18.5 Å². The summed E-state index contributed by atoms with van der Waals surface area (Å²) in [5.41, 5.74) is 1.57. The summed E-state index contributed by atoms with van der Waals surface area (Å²) in [5.74, 6) is 1.23. The molecule has 4 rings (SSSR count). The molecule has 0 radical (unpaired) electrons. The molecule has 2 heterocycles. The van der Waals surface area contributed by atoms with Gasteiger partial charge in [-0.1, -0.05) is 25.7 Å². The molecule has 1 saturated carbocycles. The van der Waals surface area contributed by atoms with E-state index in [0.29, 0.717) is 29.6 Å². The molecule has 0 unspecified atom stereocenters. The second kappa shape index (κ2) is 12.0. The third-order valence-electron chi connectivity index (χ3n) is 6.27. The molecule has 2 aromatic heterocycles. The highest BCUT2D eigenvalue weighted by molar-refractivity contribution is 5.62. The van der Waals surface area contributed by atoms with E-state index < -0.39 is 5.82 Å². The van der Waals surface area contributed by atoms with E-state index in [4.69, 9.17) is 19.7 Å². The minimum absolute atomic E-state index is 0. The summed E-state index contributed by atoms with van der Waals surface area (Å²) < 4.78 is 21.4. The summed E-state index contributed by atoms with van der Waals surface area (Å²) in [6, 6.07) is 9.14. The van der Waals surface area contributed by atoms with Crippen LogP contribution in [0.2, 0.25) is 0 Å². The van der Waals surface area contributed by atoms with Crippen LogP contribution in [0.4, 0.5) is 33.6 Å². The molecule has 1 aliphatic rings. The van der Waals surface area contributed by atoms with Crippen molar-refractivity contribution in [1.82, 2.24) is 15.0 Å². The highest BCUT2D eigenvalue weighted by Gasteiger charge is 2.19. The van der Waals surface area contributed by atoms with Crippen molar-refractivity contribution in [2.45, 2.75) is 44.6 Å². The first-order valence-corrected chi connectivity index (χ1v) is 11.7. The molecule has 0 saturated heterocycles. The minimum Gasteiger partial charge on any atom is -1.00 e. The van der Waals surface area contributed by atoms with E-state index in [1.165, 1.54) is 38.9 Å². The lowest BCUT2D eigenvalue weighted by Gasteiger charge is -2.23. The van der Waals surface area contributed by atoms with Crippen LogP contribution in [0.25, 0.3) is 0 Å². The van der Waals surface area contributed by atoms with E-state index in [-0.39, 0.29) is 18.2 Å². The van der Waals surface area contributed by atoms with E-state index in [9.17, 15) is 4.39 Å². The highest BCUT2D eigenvalue weighted by atomic mass is 35.5. The second-order valence-electron chi connectivity index (χ2n) is 8.75. The zero-order valence-corrected chi connectivity index (χ0v) is 21.5. The maximum atomic E-state index is 14.4. The van der Waals surface area contributed by atoms with Gasteiger partial charge in [0.05, 0.1) is 12.8 Å². The first-order chi connectivity index (χ1) is 16.4. The van der Waals surface area contributed by atoms with Crippen molar-refractivity contribution in [3.05, 3.63) is 48.5 Å². The lowest BCUT2D eigenvalue weighted by Crippen LogP contribution is -3.00. The van der Waals surface area contributed by atoms with Crippen molar-refractivity contribution in [3.63, 3.8) is 0 Å². The Morgan fingerprint density at radius 2 is 1.51 bits per heavy atom. The molecule has 188 valence electrons. The van der Waals surface area contributed by atoms with Gasteiger partial charge in [-0.3, -0.25) is 0 Å². The van der Waals surface area contributed by atoms with Gasteiger partial charge >= 0.3 is 0 Å². The van der Waals surface area contributed by atoms with Gasteiger partial charge in [0.1, 0.15) is 7.05 Å². The van der Waals surface area contributed by atoms with Crippen molar-refractivity contribution in [1.29, 1.82) is 0 Å². The molecular weight excluding hydrogens is 469 g/mol. The van der Waals surface area contributed by atoms with Crippen molar-refractivity contribution < 1.29 is 26.1 Å². The Morgan fingerprint density at radius 3 is 2.09 bits per heavy atom. The van der Waals surface area contributed by atoms with E-state index in [1.807, 2.05) is 55.1 Å². The van der Waals surface area contributed by atoms with E-state index in [2.05, 4.69) is 5.32 Å². The Kier molecular flexibility index (Phi) is 9.03. The highest BCUT2D eigenvalue weighted by Crippen LogP contribution is 2.29. The summed E-state index contributed by atoms with van der Waals surface area (Å²) in [6.45, 7) is 0. The third-order valence-corrected chi connectivity index (χ3v) is 6.27. The predicted molar refractivity (Wildman–Crippen MR) is 132 cm³/mol. The van der Waals surface area contributed by atoms with Crippen molar-refractivity contribution in [3.8, 4) is 5.75 Å². The number of rotatable bonds is 7. The Bertz CT molecular complexity index is 1110. The molecule has 1 N–H and O–H groups in total. The Hall–Kier alpha value is -3.20. The van der Waals surface area contributed by atoms with Gasteiger partial charge < -0.3 is 32.3 Å². The molecule has 8 nitrogen and oxygen atoms in total. The number of aryl methyl sites for hydroxylation is 1. The number of hydrogen-bond donors (Lipinski definition) is 1. The average molecular weight is 502 g/mol. The number of nitrogens with zero attached hydrogens (tertiary/aromatic N) is 6. The average Bonchev–Trinajstić information content (AvgIpc) is 3.12. The Morgan fingerprint density at radius 1 is 0.914 bits per heavy atom. The summed E-state index contributed by atoms with van der Waals surface area (Å²) in [5, 5.41) is 3.54. The molecule has 35 heavy (non-hydrogen) atoms. The third kappa shape index (κ3) is 6.48. The topological polar surface area (TPSA) is 70.3 Å². The number of nitrogens with one attached hydrogen (secondary N) is 1. The standard InChI is InChI=1S/C25H33FN7O.ClH/c1-31-15-13-19(14-16-31)32(2)24-28-23(27-18-9-7-5-6-8-10-18)29-25(30-24)33(3)20-11-12-22(34-4)21(26)17-20;/h11-18H,5-10H2,1-4H3,(H,27,28,29,30);1H/q+1;/p-1. The van der Waals surface area contributed by atoms with Crippen LogP contribution in [0.15, 0.2) is 42.7 Å². The largest absolute Gasteiger partial charge is 1.00 e. The number of halogens is 2. The Labute approximate surface area is 212 Å². The first-order valence-electron chi connectivity index (χ1n) is 11.7. The zero-order valence-electron chi connectivity index (χ0n) is 20.7. The number of anilines is 5. The first kappa shape index (κ1) is 26.4. The lowest BCUT2D eigenvalue weighted by atomic mass is 10.1. The normalized spacial score (nSPS) is 14.0. The molecule has 0 bridgehead atoms.